The van der Waals surface area contributed by atoms with Gasteiger partial charge in [-0.05, 0) is 23.1 Å². The molecule has 2 aromatic rings. The van der Waals surface area contributed by atoms with Gasteiger partial charge in [-0.2, -0.15) is 0 Å². The van der Waals surface area contributed by atoms with Crippen LogP contribution >= 0.6 is 0 Å². The minimum atomic E-state index is 0.154. The van der Waals surface area contributed by atoms with Crippen LogP contribution in [0.3, 0.4) is 0 Å². The van der Waals surface area contributed by atoms with E-state index < -0.39 is 0 Å². The maximum atomic E-state index is 5.71. The third-order valence-corrected chi connectivity index (χ3v) is 3.36. The predicted octanol–water partition coefficient (Wildman–Crippen LogP) is 3.57. The molecule has 4 nitrogen and oxygen atoms in total. The van der Waals surface area contributed by atoms with Crippen molar-refractivity contribution in [3.63, 3.8) is 0 Å². The quantitative estimate of drug-likeness (QED) is 0.913. The molecule has 0 saturated carbocycles. The molecule has 2 rings (SSSR count). The average Bonchev–Trinajstić information content (AvgIpc) is 2.86. The molecular weight excluding hydrogens is 262 g/mol. The van der Waals surface area contributed by atoms with E-state index in [0.717, 1.165) is 18.5 Å². The summed E-state index contributed by atoms with van der Waals surface area (Å²) in [6.45, 7) is 11.7. The van der Waals surface area contributed by atoms with Crippen LogP contribution in [0, 0.1) is 0 Å². The van der Waals surface area contributed by atoms with Crippen LogP contribution in [0.25, 0.3) is 11.5 Å². The van der Waals surface area contributed by atoms with E-state index in [1.165, 1.54) is 5.56 Å². The summed E-state index contributed by atoms with van der Waals surface area (Å²) < 4.78 is 5.71. The largest absolute Gasteiger partial charge is 0.421 e. The summed E-state index contributed by atoms with van der Waals surface area (Å²) in [5.74, 6) is 1.27. The fraction of sp³-hybridized carbons (Fsp3) is 0.529. The first kappa shape index (κ1) is 15.7. The van der Waals surface area contributed by atoms with Crippen molar-refractivity contribution in [2.75, 3.05) is 6.54 Å². The summed E-state index contributed by atoms with van der Waals surface area (Å²) >= 11 is 0. The van der Waals surface area contributed by atoms with E-state index >= 15 is 0 Å². The second kappa shape index (κ2) is 6.39. The fourth-order valence-corrected chi connectivity index (χ4v) is 2.05. The van der Waals surface area contributed by atoms with Crippen LogP contribution < -0.4 is 5.32 Å². The predicted molar refractivity (Wildman–Crippen MR) is 85.3 cm³/mol. The highest BCUT2D eigenvalue weighted by Gasteiger charge is 2.14. The Morgan fingerprint density at radius 1 is 1.10 bits per heavy atom. The van der Waals surface area contributed by atoms with E-state index in [1.54, 1.807) is 0 Å². The van der Waals surface area contributed by atoms with Gasteiger partial charge in [0, 0.05) is 24.6 Å². The van der Waals surface area contributed by atoms with E-state index in [-0.39, 0.29) is 5.41 Å². The summed E-state index contributed by atoms with van der Waals surface area (Å²) in [7, 11) is 0. The van der Waals surface area contributed by atoms with Gasteiger partial charge in [-0.25, -0.2) is 0 Å². The van der Waals surface area contributed by atoms with Crippen molar-refractivity contribution in [1.29, 1.82) is 0 Å². The fourth-order valence-electron chi connectivity index (χ4n) is 2.05. The molecule has 21 heavy (non-hydrogen) atoms. The third-order valence-electron chi connectivity index (χ3n) is 3.36. The topological polar surface area (TPSA) is 51.0 Å². The first-order chi connectivity index (χ1) is 9.86. The van der Waals surface area contributed by atoms with Crippen molar-refractivity contribution in [2.24, 2.45) is 0 Å². The molecule has 0 amide bonds. The molecule has 0 spiro atoms. The first-order valence-corrected chi connectivity index (χ1v) is 7.53. The molecule has 1 aromatic carbocycles. The third kappa shape index (κ3) is 4.39. The summed E-state index contributed by atoms with van der Waals surface area (Å²) in [5.41, 5.74) is 2.42. The Kier molecular flexibility index (Phi) is 4.78. The highest BCUT2D eigenvalue weighted by atomic mass is 16.4. The molecular formula is C17H25N3O. The Bertz CT molecular complexity index is 564. The zero-order valence-corrected chi connectivity index (χ0v) is 13.6. The molecule has 0 aliphatic heterocycles. The molecule has 0 atom stereocenters. The summed E-state index contributed by atoms with van der Waals surface area (Å²) in [5, 5.41) is 11.6. The zero-order chi connectivity index (χ0) is 15.5. The molecule has 114 valence electrons. The second-order valence-electron chi connectivity index (χ2n) is 6.69. The van der Waals surface area contributed by atoms with E-state index in [1.807, 2.05) is 12.1 Å². The van der Waals surface area contributed by atoms with Gasteiger partial charge in [0.1, 0.15) is 0 Å². The van der Waals surface area contributed by atoms with Gasteiger partial charge in [-0.1, -0.05) is 46.8 Å². The SMILES string of the molecule is CC(C)NCCc1nnc(-c2ccc(C(C)(C)C)cc2)o1. The number of rotatable bonds is 5. The van der Waals surface area contributed by atoms with Gasteiger partial charge in [0.25, 0.3) is 0 Å². The Morgan fingerprint density at radius 3 is 2.33 bits per heavy atom. The molecule has 0 unspecified atom stereocenters. The Labute approximate surface area is 127 Å². The number of hydrogen-bond donors (Lipinski definition) is 1. The van der Waals surface area contributed by atoms with E-state index in [9.17, 15) is 0 Å². The standard InChI is InChI=1S/C17H25N3O/c1-12(2)18-11-10-15-19-20-16(21-15)13-6-8-14(9-7-13)17(3,4)5/h6-9,12,18H,10-11H2,1-5H3. The lowest BCUT2D eigenvalue weighted by Gasteiger charge is -2.18. The summed E-state index contributed by atoms with van der Waals surface area (Å²) in [4.78, 5) is 0. The van der Waals surface area contributed by atoms with Crippen molar-refractivity contribution in [3.8, 4) is 11.5 Å². The lowest BCUT2D eigenvalue weighted by atomic mass is 9.87. The van der Waals surface area contributed by atoms with E-state index in [4.69, 9.17) is 4.42 Å². The minimum absolute atomic E-state index is 0.154. The molecule has 0 radical (unpaired) electrons. The van der Waals surface area contributed by atoms with Gasteiger partial charge in [0.15, 0.2) is 0 Å². The number of aromatic nitrogens is 2. The van der Waals surface area contributed by atoms with Gasteiger partial charge in [-0.15, -0.1) is 10.2 Å². The number of nitrogens with one attached hydrogen (secondary N) is 1. The molecule has 4 heteroatoms. The molecule has 0 fully saturated rings. The smallest absolute Gasteiger partial charge is 0.247 e. The molecule has 0 aliphatic carbocycles. The van der Waals surface area contributed by atoms with E-state index in [2.05, 4.69) is 62.3 Å². The first-order valence-electron chi connectivity index (χ1n) is 7.53. The van der Waals surface area contributed by atoms with Crippen molar-refractivity contribution >= 4 is 0 Å². The molecule has 0 bridgehead atoms. The number of nitrogens with zero attached hydrogens (tertiary/aromatic N) is 2. The maximum Gasteiger partial charge on any atom is 0.247 e. The van der Waals surface area contributed by atoms with Crippen molar-refractivity contribution in [2.45, 2.75) is 52.5 Å². The Hall–Kier alpha value is -1.68. The lowest BCUT2D eigenvalue weighted by Crippen LogP contribution is -2.25. The monoisotopic (exact) mass is 287 g/mol. The second-order valence-corrected chi connectivity index (χ2v) is 6.69. The van der Waals surface area contributed by atoms with Gasteiger partial charge in [-0.3, -0.25) is 0 Å². The van der Waals surface area contributed by atoms with Crippen LogP contribution in [0.1, 0.15) is 46.1 Å². The van der Waals surface area contributed by atoms with Crippen LogP contribution in [-0.2, 0) is 11.8 Å². The summed E-state index contributed by atoms with van der Waals surface area (Å²) in [6, 6.07) is 8.81. The van der Waals surface area contributed by atoms with Crippen molar-refractivity contribution in [3.05, 3.63) is 35.7 Å². The molecule has 1 heterocycles. The van der Waals surface area contributed by atoms with Crippen LogP contribution in [0.4, 0.5) is 0 Å². The Balaban J connectivity index is 2.04. The van der Waals surface area contributed by atoms with Gasteiger partial charge in [0.05, 0.1) is 0 Å². The molecule has 1 N–H and O–H groups in total. The van der Waals surface area contributed by atoms with Crippen molar-refractivity contribution < 1.29 is 4.42 Å². The number of benzene rings is 1. The normalized spacial score (nSPS) is 12.1. The van der Waals surface area contributed by atoms with Gasteiger partial charge in [0.2, 0.25) is 11.8 Å². The Morgan fingerprint density at radius 2 is 1.76 bits per heavy atom. The van der Waals surface area contributed by atoms with Gasteiger partial charge < -0.3 is 9.73 Å². The summed E-state index contributed by atoms with van der Waals surface area (Å²) in [6.07, 6.45) is 0.755. The highest BCUT2D eigenvalue weighted by Crippen LogP contribution is 2.25. The van der Waals surface area contributed by atoms with Crippen molar-refractivity contribution in [1.82, 2.24) is 15.5 Å². The lowest BCUT2D eigenvalue weighted by molar-refractivity contribution is 0.484. The van der Waals surface area contributed by atoms with E-state index in [0.29, 0.717) is 17.8 Å². The number of hydrogen-bond acceptors (Lipinski definition) is 4. The maximum absolute atomic E-state index is 5.71. The zero-order valence-electron chi connectivity index (χ0n) is 13.6. The van der Waals surface area contributed by atoms with Gasteiger partial charge >= 0.3 is 0 Å². The van der Waals surface area contributed by atoms with Crippen LogP contribution in [0.5, 0.6) is 0 Å². The molecule has 0 saturated heterocycles. The van der Waals surface area contributed by atoms with Crippen LogP contribution in [0.15, 0.2) is 28.7 Å². The average molecular weight is 287 g/mol. The highest BCUT2D eigenvalue weighted by molar-refractivity contribution is 5.53. The minimum Gasteiger partial charge on any atom is -0.421 e. The molecule has 0 aliphatic rings. The van der Waals surface area contributed by atoms with Crippen LogP contribution in [-0.4, -0.2) is 22.8 Å². The molecule has 1 aromatic heterocycles. The van der Waals surface area contributed by atoms with Crippen LogP contribution in [0.2, 0.25) is 0 Å².